The second-order valence-corrected chi connectivity index (χ2v) is 23.7. The van der Waals surface area contributed by atoms with Crippen LogP contribution >= 0.6 is 23.2 Å². The number of carbonyl (C=O) groups excluding carboxylic acids is 1. The molecular formula is C50H75Cl2F3N2O4. The van der Waals surface area contributed by atoms with Gasteiger partial charge in [-0.3, -0.25) is 4.79 Å². The van der Waals surface area contributed by atoms with Crippen molar-refractivity contribution in [3.05, 3.63) is 0 Å². The molecule has 0 amide bonds. The molecule has 61 heavy (non-hydrogen) atoms. The second-order valence-electron chi connectivity index (χ2n) is 22.9. The highest BCUT2D eigenvalue weighted by Crippen LogP contribution is 2.69. The van der Waals surface area contributed by atoms with Crippen LogP contribution in [0.25, 0.3) is 0 Å². The summed E-state index contributed by atoms with van der Waals surface area (Å²) in [6.07, 6.45) is 20.8. The molecule has 10 saturated carbocycles. The number of carbonyl (C=O) groups is 1. The lowest BCUT2D eigenvalue weighted by atomic mass is 9.44. The SMILES string of the molecule is C[C@H]1C[C@@H]2CC[C@@H]3[C@H](CC[C@]4(C)[C@@H](C#N)CC[C@@H]34)[C@@]2(C)C[C@@H]1OC1CC1.C[C@]12C[C@H](OC3CC3)[C@@H](O)C[C@@H]1CC[C@@H]1[C@@H]2CC[C@]2(C)[C@@H](C#N)CC[C@@H]12.ClCCl.O=CC(F)(F)F. The maximum absolute atomic E-state index is 10.7. The smallest absolute Gasteiger partial charge is 0.390 e. The highest BCUT2D eigenvalue weighted by molar-refractivity contribution is 6.40. The standard InChI is InChI=1S/C24H37NO.C23H35NO2.C2HF3O.CH2Cl2/c1-15-12-16-4-8-19-20-9-5-17(14-25)23(20,2)11-10-21(19)24(16,3)13-22(15)26-18-6-7-18;1-22-10-9-19-17(18(22)8-4-15(22)13-24)7-3-14-11-20(25)21(12-23(14,19)2)26-16-5-6-16;3-2(4,5)1-6;2-1-3/h15-22H,4-13H2,1-3H3;14-21,25H,3-12H2,1-2H3;1H;1H2/t15-,16-,17+,19-,20-,21-,22-,23+,24-;14-,15+,17-,18-,19-,20-,21-,22+,23-;;/m00../s1. The Hall–Kier alpha value is -1.10. The van der Waals surface area contributed by atoms with Gasteiger partial charge < -0.3 is 14.6 Å². The molecule has 0 aromatic rings. The van der Waals surface area contributed by atoms with E-state index in [2.05, 4.69) is 46.8 Å². The van der Waals surface area contributed by atoms with Crippen molar-refractivity contribution in [3.8, 4) is 12.1 Å². The van der Waals surface area contributed by atoms with Crippen LogP contribution in [0.5, 0.6) is 0 Å². The molecule has 0 bridgehead atoms. The van der Waals surface area contributed by atoms with Gasteiger partial charge in [0.25, 0.3) is 0 Å². The van der Waals surface area contributed by atoms with Crippen LogP contribution in [0.4, 0.5) is 13.2 Å². The van der Waals surface area contributed by atoms with Crippen LogP contribution in [0.15, 0.2) is 0 Å². The minimum absolute atomic E-state index is 0.0613. The molecule has 18 atom stereocenters. The van der Waals surface area contributed by atoms with E-state index in [-0.39, 0.29) is 28.9 Å². The van der Waals surface area contributed by atoms with Crippen molar-refractivity contribution in [1.29, 1.82) is 10.5 Å². The van der Waals surface area contributed by atoms with Gasteiger partial charge in [-0.1, -0.05) is 34.6 Å². The minimum atomic E-state index is -4.64. The van der Waals surface area contributed by atoms with Gasteiger partial charge in [-0.25, -0.2) is 0 Å². The lowest BCUT2D eigenvalue weighted by Crippen LogP contribution is -2.57. The molecule has 1 N–H and O–H groups in total. The van der Waals surface area contributed by atoms with Gasteiger partial charge in [0.05, 0.1) is 59.8 Å². The summed E-state index contributed by atoms with van der Waals surface area (Å²) < 4.78 is 44.0. The first-order valence-electron chi connectivity index (χ1n) is 24.3. The maximum Gasteiger partial charge on any atom is 0.446 e. The molecule has 6 nitrogen and oxygen atoms in total. The Labute approximate surface area is 375 Å². The summed E-state index contributed by atoms with van der Waals surface area (Å²) in [4.78, 5) is 8.70. The third-order valence-corrected chi connectivity index (χ3v) is 19.9. The van der Waals surface area contributed by atoms with E-state index in [1.165, 1.54) is 103 Å². The zero-order valence-electron chi connectivity index (χ0n) is 37.6. The number of aldehydes is 1. The van der Waals surface area contributed by atoms with Gasteiger partial charge in [0.2, 0.25) is 6.29 Å². The lowest BCUT2D eigenvalue weighted by molar-refractivity contribution is -0.173. The predicted octanol–water partition coefficient (Wildman–Crippen LogP) is 12.8. The maximum atomic E-state index is 10.7. The number of alkyl halides is 5. The molecule has 0 heterocycles. The Morgan fingerprint density at radius 2 is 1.03 bits per heavy atom. The van der Waals surface area contributed by atoms with Crippen molar-refractivity contribution < 1.29 is 32.5 Å². The fraction of sp³-hybridized carbons (Fsp3) is 0.940. The molecule has 0 aromatic heterocycles. The van der Waals surface area contributed by atoms with Gasteiger partial charge in [0.15, 0.2) is 0 Å². The van der Waals surface area contributed by atoms with E-state index in [9.17, 15) is 28.8 Å². The molecule has 10 rings (SSSR count). The molecule has 10 fully saturated rings. The normalized spacial score (nSPS) is 49.3. The molecular weight excluding hydrogens is 820 g/mol. The van der Waals surface area contributed by atoms with Crippen LogP contribution in [0.1, 0.15) is 163 Å². The predicted molar refractivity (Wildman–Crippen MR) is 232 cm³/mol. The first-order chi connectivity index (χ1) is 28.9. The summed E-state index contributed by atoms with van der Waals surface area (Å²) in [6.45, 7) is 12.5. The van der Waals surface area contributed by atoms with Crippen LogP contribution < -0.4 is 0 Å². The van der Waals surface area contributed by atoms with Crippen molar-refractivity contribution in [2.75, 3.05) is 5.34 Å². The van der Waals surface area contributed by atoms with E-state index in [0.717, 1.165) is 73.0 Å². The van der Waals surface area contributed by atoms with Crippen molar-refractivity contribution >= 4 is 29.5 Å². The summed E-state index contributed by atoms with van der Waals surface area (Å²) in [6, 6.07) is 5.34. The molecule has 0 aliphatic heterocycles. The molecule has 0 radical (unpaired) electrons. The molecule has 0 spiro atoms. The van der Waals surface area contributed by atoms with Crippen molar-refractivity contribution in [3.63, 3.8) is 0 Å². The zero-order chi connectivity index (χ0) is 44.1. The third kappa shape index (κ3) is 9.47. The summed E-state index contributed by atoms with van der Waals surface area (Å²) in [5, 5.41) is 30.2. The van der Waals surface area contributed by atoms with Crippen molar-refractivity contribution in [2.24, 2.45) is 86.8 Å². The molecule has 344 valence electrons. The summed E-state index contributed by atoms with van der Waals surface area (Å²) >= 11 is 9.53. The Kier molecular flexibility index (Phi) is 14.6. The highest BCUT2D eigenvalue weighted by Gasteiger charge is 2.63. The Morgan fingerprint density at radius 1 is 0.639 bits per heavy atom. The fourth-order valence-electron chi connectivity index (χ4n) is 16.4. The summed E-state index contributed by atoms with van der Waals surface area (Å²) in [5.41, 5.74) is 1.39. The number of halogens is 5. The summed E-state index contributed by atoms with van der Waals surface area (Å²) in [7, 11) is 0. The number of rotatable bonds is 4. The van der Waals surface area contributed by atoms with Gasteiger partial charge in [-0.2, -0.15) is 23.7 Å². The van der Waals surface area contributed by atoms with Gasteiger partial charge in [0.1, 0.15) is 0 Å². The van der Waals surface area contributed by atoms with Crippen LogP contribution in [-0.4, -0.2) is 53.4 Å². The summed E-state index contributed by atoms with van der Waals surface area (Å²) in [5.74, 6) is 7.80. The van der Waals surface area contributed by atoms with Crippen LogP contribution in [-0.2, 0) is 14.3 Å². The lowest BCUT2D eigenvalue weighted by Gasteiger charge is -2.61. The molecule has 0 unspecified atom stereocenters. The van der Waals surface area contributed by atoms with E-state index >= 15 is 0 Å². The van der Waals surface area contributed by atoms with Gasteiger partial charge >= 0.3 is 6.18 Å². The first kappa shape index (κ1) is 47.9. The zero-order valence-corrected chi connectivity index (χ0v) is 39.1. The van der Waals surface area contributed by atoms with E-state index in [1.807, 2.05) is 0 Å². The van der Waals surface area contributed by atoms with E-state index in [4.69, 9.17) is 37.5 Å². The number of aliphatic hydroxyl groups is 1. The number of nitriles is 2. The average molecular weight is 896 g/mol. The van der Waals surface area contributed by atoms with Gasteiger partial charge in [0, 0.05) is 0 Å². The fourth-order valence-corrected chi connectivity index (χ4v) is 16.4. The monoisotopic (exact) mass is 895 g/mol. The van der Waals surface area contributed by atoms with E-state index in [1.54, 1.807) is 0 Å². The number of fused-ring (bicyclic) bond motifs is 10. The van der Waals surface area contributed by atoms with Crippen molar-refractivity contribution in [2.45, 2.75) is 200 Å². The van der Waals surface area contributed by atoms with Gasteiger partial charge in [-0.15, -0.1) is 23.2 Å². The Bertz CT molecular complexity index is 1510. The topological polar surface area (TPSA) is 103 Å². The second kappa shape index (κ2) is 18.6. The highest BCUT2D eigenvalue weighted by atomic mass is 35.5. The molecule has 11 heteroatoms. The quantitative estimate of drug-likeness (QED) is 0.223. The number of ether oxygens (including phenoxy) is 2. The van der Waals surface area contributed by atoms with Crippen molar-refractivity contribution in [1.82, 2.24) is 0 Å². The number of aliphatic hydroxyl groups excluding tert-OH is 1. The largest absolute Gasteiger partial charge is 0.446 e. The molecule has 0 aromatic carbocycles. The van der Waals surface area contributed by atoms with E-state index < -0.39 is 12.5 Å². The first-order valence-corrected chi connectivity index (χ1v) is 25.4. The molecule has 0 saturated heterocycles. The van der Waals surface area contributed by atoms with Crippen LogP contribution in [0.2, 0.25) is 0 Å². The Morgan fingerprint density at radius 3 is 1.44 bits per heavy atom. The van der Waals surface area contributed by atoms with E-state index in [0.29, 0.717) is 46.4 Å². The number of hydrogen-bond donors (Lipinski definition) is 1. The number of nitrogens with zero attached hydrogens (tertiary/aromatic N) is 2. The van der Waals surface area contributed by atoms with Gasteiger partial charge in [-0.05, 0) is 203 Å². The minimum Gasteiger partial charge on any atom is -0.390 e. The average Bonchev–Trinajstić information content (AvgIpc) is 4.15. The number of hydrogen-bond acceptors (Lipinski definition) is 6. The molecule has 10 aliphatic rings. The third-order valence-electron chi connectivity index (χ3n) is 19.9. The molecule has 10 aliphatic carbocycles. The van der Waals surface area contributed by atoms with Crippen LogP contribution in [0, 0.1) is 109 Å². The Balaban J connectivity index is 0.000000154. The van der Waals surface area contributed by atoms with Crippen LogP contribution in [0.3, 0.4) is 0 Å².